The highest BCUT2D eigenvalue weighted by atomic mass is 35.5. The van der Waals surface area contributed by atoms with Crippen LogP contribution < -0.4 is 21.3 Å². The monoisotopic (exact) mass is 400 g/mol. The maximum Gasteiger partial charge on any atom is 0.227 e. The number of nitrogens with zero attached hydrogens (tertiary/aromatic N) is 4. The first-order chi connectivity index (χ1) is 13.2. The third kappa shape index (κ3) is 4.47. The van der Waals surface area contributed by atoms with Crippen LogP contribution >= 0.6 is 12.4 Å². The topological polar surface area (TPSA) is 128 Å². The Bertz CT molecular complexity index is 907. The smallest absolute Gasteiger partial charge is 0.227 e. The van der Waals surface area contributed by atoms with Gasteiger partial charge in [-0.1, -0.05) is 0 Å². The zero-order chi connectivity index (χ0) is 18.6. The molecule has 9 nitrogen and oxygen atoms in total. The maximum atomic E-state index is 11.4. The molecule has 2 aromatic heterocycles. The number of nitrogens with one attached hydrogen (secondary N) is 4. The van der Waals surface area contributed by atoms with Gasteiger partial charge in [-0.3, -0.25) is 4.79 Å². The average Bonchev–Trinajstić information content (AvgIpc) is 2.69. The molecule has 1 amide bonds. The van der Waals surface area contributed by atoms with Gasteiger partial charge in [0.05, 0.1) is 35.1 Å². The standard InChI is InChI=1S/C18H20N8O.ClH/c19-8-15-14(23-11-3-5-20-6-4-11)7-12(9-21-15)24-18-22-10-16-13(26-18)1-2-17(27)25-16;/h7,9-11,20,23H,1-6H2,(H,25,27)(H,22,24,26);1H. The predicted octanol–water partition coefficient (Wildman–Crippen LogP) is 1.96. The van der Waals surface area contributed by atoms with E-state index in [-0.39, 0.29) is 18.3 Å². The van der Waals surface area contributed by atoms with E-state index in [0.29, 0.717) is 47.6 Å². The Morgan fingerprint density at radius 3 is 2.79 bits per heavy atom. The second-order valence-electron chi connectivity index (χ2n) is 6.63. The van der Waals surface area contributed by atoms with Crippen molar-refractivity contribution in [1.82, 2.24) is 20.3 Å². The average molecular weight is 401 g/mol. The molecule has 1 fully saturated rings. The van der Waals surface area contributed by atoms with Crippen molar-refractivity contribution in [3.05, 3.63) is 29.8 Å². The highest BCUT2D eigenvalue weighted by Crippen LogP contribution is 2.25. The lowest BCUT2D eigenvalue weighted by Crippen LogP contribution is -2.35. The maximum absolute atomic E-state index is 11.4. The minimum absolute atomic E-state index is 0. The molecule has 2 aromatic rings. The SMILES string of the molecule is Cl.N#Cc1ncc(Nc2ncc3c(n2)CCC(=O)N3)cc1NC1CCNCC1. The number of fused-ring (bicyclic) bond motifs is 1. The van der Waals surface area contributed by atoms with Gasteiger partial charge in [0.15, 0.2) is 5.69 Å². The molecule has 10 heteroatoms. The lowest BCUT2D eigenvalue weighted by Gasteiger charge is -2.25. The Labute approximate surface area is 168 Å². The van der Waals surface area contributed by atoms with E-state index >= 15 is 0 Å². The van der Waals surface area contributed by atoms with Crippen LogP contribution in [0.3, 0.4) is 0 Å². The van der Waals surface area contributed by atoms with Gasteiger partial charge in [0.2, 0.25) is 11.9 Å². The molecule has 4 rings (SSSR count). The number of anilines is 4. The second-order valence-corrected chi connectivity index (χ2v) is 6.63. The van der Waals surface area contributed by atoms with Crippen LogP contribution in [-0.2, 0) is 11.2 Å². The fourth-order valence-electron chi connectivity index (χ4n) is 3.26. The number of rotatable bonds is 4. The summed E-state index contributed by atoms with van der Waals surface area (Å²) in [5.41, 5.74) is 3.24. The van der Waals surface area contributed by atoms with Gasteiger partial charge in [0.1, 0.15) is 6.07 Å². The van der Waals surface area contributed by atoms with Crippen LogP contribution in [0.5, 0.6) is 0 Å². The Morgan fingerprint density at radius 2 is 2.00 bits per heavy atom. The second kappa shape index (κ2) is 8.82. The van der Waals surface area contributed by atoms with Gasteiger partial charge < -0.3 is 21.3 Å². The minimum Gasteiger partial charge on any atom is -0.380 e. The number of aromatic nitrogens is 3. The van der Waals surface area contributed by atoms with Crippen LogP contribution in [0.25, 0.3) is 0 Å². The summed E-state index contributed by atoms with van der Waals surface area (Å²) < 4.78 is 0. The largest absolute Gasteiger partial charge is 0.380 e. The molecule has 0 aromatic carbocycles. The van der Waals surface area contributed by atoms with Crippen molar-refractivity contribution in [3.63, 3.8) is 0 Å². The number of nitriles is 1. The van der Waals surface area contributed by atoms with Gasteiger partial charge in [0.25, 0.3) is 0 Å². The molecule has 0 bridgehead atoms. The molecule has 0 aliphatic carbocycles. The summed E-state index contributed by atoms with van der Waals surface area (Å²) in [6.07, 6.45) is 6.22. The number of halogens is 1. The molecule has 0 unspecified atom stereocenters. The summed E-state index contributed by atoms with van der Waals surface area (Å²) in [7, 11) is 0. The lowest BCUT2D eigenvalue weighted by molar-refractivity contribution is -0.116. The molecule has 1 saturated heterocycles. The van der Waals surface area contributed by atoms with Crippen LogP contribution in [0.1, 0.15) is 30.7 Å². The van der Waals surface area contributed by atoms with Gasteiger partial charge in [-0.15, -0.1) is 12.4 Å². The Morgan fingerprint density at radius 1 is 1.18 bits per heavy atom. The summed E-state index contributed by atoms with van der Waals surface area (Å²) in [5.74, 6) is 0.418. The van der Waals surface area contributed by atoms with Crippen molar-refractivity contribution >= 4 is 41.3 Å². The van der Waals surface area contributed by atoms with Crippen LogP contribution in [0.15, 0.2) is 18.5 Å². The van der Waals surface area contributed by atoms with E-state index < -0.39 is 0 Å². The Hall–Kier alpha value is -2.96. The molecule has 0 spiro atoms. The van der Waals surface area contributed by atoms with Gasteiger partial charge in [-0.05, 0) is 32.0 Å². The molecule has 4 N–H and O–H groups in total. The van der Waals surface area contributed by atoms with Crippen molar-refractivity contribution < 1.29 is 4.79 Å². The summed E-state index contributed by atoms with van der Waals surface area (Å²) in [4.78, 5) is 24.4. The highest BCUT2D eigenvalue weighted by Gasteiger charge is 2.18. The molecule has 2 aliphatic rings. The summed E-state index contributed by atoms with van der Waals surface area (Å²) in [5, 5.41) is 22.0. The number of hydrogen-bond donors (Lipinski definition) is 4. The van der Waals surface area contributed by atoms with E-state index in [0.717, 1.165) is 31.6 Å². The molecule has 0 atom stereocenters. The quantitative estimate of drug-likeness (QED) is 0.613. The fourth-order valence-corrected chi connectivity index (χ4v) is 3.26. The van der Waals surface area contributed by atoms with E-state index in [1.165, 1.54) is 0 Å². The van der Waals surface area contributed by atoms with Gasteiger partial charge >= 0.3 is 0 Å². The van der Waals surface area contributed by atoms with Crippen molar-refractivity contribution in [1.29, 1.82) is 5.26 Å². The van der Waals surface area contributed by atoms with Gasteiger partial charge in [-0.25, -0.2) is 15.0 Å². The number of piperidine rings is 1. The number of carbonyl (C=O) groups excluding carboxylic acids is 1. The van der Waals surface area contributed by atoms with Crippen LogP contribution in [0.2, 0.25) is 0 Å². The third-order valence-corrected chi connectivity index (χ3v) is 4.68. The van der Waals surface area contributed by atoms with Crippen LogP contribution in [0, 0.1) is 11.3 Å². The molecular formula is C18H21ClN8O. The number of amides is 1. The van der Waals surface area contributed by atoms with E-state index in [1.807, 2.05) is 6.07 Å². The highest BCUT2D eigenvalue weighted by molar-refractivity contribution is 5.93. The van der Waals surface area contributed by atoms with Crippen molar-refractivity contribution in [2.45, 2.75) is 31.7 Å². The Kier molecular flexibility index (Phi) is 6.23. The summed E-state index contributed by atoms with van der Waals surface area (Å²) >= 11 is 0. The zero-order valence-corrected chi connectivity index (χ0v) is 16.0. The van der Waals surface area contributed by atoms with E-state index in [1.54, 1.807) is 12.4 Å². The summed E-state index contributed by atoms with van der Waals surface area (Å²) in [6.45, 7) is 1.93. The molecule has 146 valence electrons. The first kappa shape index (κ1) is 19.8. The third-order valence-electron chi connectivity index (χ3n) is 4.68. The molecule has 4 heterocycles. The van der Waals surface area contributed by atoms with E-state index in [4.69, 9.17) is 0 Å². The Balaban J connectivity index is 0.00000225. The van der Waals surface area contributed by atoms with Gasteiger partial charge in [-0.2, -0.15) is 5.26 Å². The number of carbonyl (C=O) groups is 1. The molecule has 0 saturated carbocycles. The van der Waals surface area contributed by atoms with Crippen molar-refractivity contribution in [2.24, 2.45) is 0 Å². The van der Waals surface area contributed by atoms with E-state index in [9.17, 15) is 10.1 Å². The van der Waals surface area contributed by atoms with Crippen LogP contribution in [-0.4, -0.2) is 40.0 Å². The number of hydrogen-bond acceptors (Lipinski definition) is 8. The zero-order valence-electron chi connectivity index (χ0n) is 15.2. The summed E-state index contributed by atoms with van der Waals surface area (Å²) in [6, 6.07) is 4.31. The van der Waals surface area contributed by atoms with E-state index in [2.05, 4.69) is 42.3 Å². The molecular weight excluding hydrogens is 380 g/mol. The molecule has 28 heavy (non-hydrogen) atoms. The fraction of sp³-hybridized carbons (Fsp3) is 0.389. The first-order valence-electron chi connectivity index (χ1n) is 9.01. The van der Waals surface area contributed by atoms with Gasteiger partial charge in [0, 0.05) is 18.9 Å². The number of pyridine rings is 1. The lowest BCUT2D eigenvalue weighted by atomic mass is 10.1. The normalized spacial score (nSPS) is 16.2. The minimum atomic E-state index is -0.0169. The first-order valence-corrected chi connectivity index (χ1v) is 9.01. The number of aryl methyl sites for hydroxylation is 1. The van der Waals surface area contributed by atoms with Crippen LogP contribution in [0.4, 0.5) is 23.0 Å². The predicted molar refractivity (Wildman–Crippen MR) is 108 cm³/mol. The van der Waals surface area contributed by atoms with Crippen molar-refractivity contribution in [3.8, 4) is 6.07 Å². The van der Waals surface area contributed by atoms with Crippen molar-refractivity contribution in [2.75, 3.05) is 29.0 Å². The molecule has 2 aliphatic heterocycles. The molecule has 0 radical (unpaired) electrons.